The van der Waals surface area contributed by atoms with Crippen LogP contribution in [0.3, 0.4) is 0 Å². The van der Waals surface area contributed by atoms with Crippen molar-refractivity contribution < 1.29 is 0 Å². The maximum atomic E-state index is 5.61. The van der Waals surface area contributed by atoms with Crippen LogP contribution in [0.25, 0.3) is 56.2 Å². The van der Waals surface area contributed by atoms with Crippen molar-refractivity contribution in [2.45, 2.75) is 104 Å². The third-order valence-corrected chi connectivity index (χ3v) is 12.5. The van der Waals surface area contributed by atoms with Crippen molar-refractivity contribution >= 4 is 38.0 Å². The summed E-state index contributed by atoms with van der Waals surface area (Å²) in [5.41, 5.74) is 17.3. The van der Waals surface area contributed by atoms with Crippen molar-refractivity contribution in [1.82, 2.24) is 19.1 Å². The first-order chi connectivity index (χ1) is 25.5. The van der Waals surface area contributed by atoms with E-state index in [1.807, 2.05) is 0 Å². The molecule has 0 bridgehead atoms. The summed E-state index contributed by atoms with van der Waals surface area (Å²) >= 11 is 4.28. The number of hydrogen-bond acceptors (Lipinski definition) is 2. The van der Waals surface area contributed by atoms with E-state index in [4.69, 9.17) is 9.97 Å². The summed E-state index contributed by atoms with van der Waals surface area (Å²) in [7, 11) is 0. The summed E-state index contributed by atoms with van der Waals surface area (Å²) in [4.78, 5) is 11.2. The predicted octanol–water partition coefficient (Wildman–Crippen LogP) is 12.8. The molecule has 0 saturated heterocycles. The Hall–Kier alpha value is -4.48. The Balaban J connectivity index is 1.36. The van der Waals surface area contributed by atoms with Crippen LogP contribution < -0.4 is 0 Å². The SMILES string of the molecule is CC(C)(C)c1ccccc1-c1nc2c3c(ccc2n1-c1cccc(-n2c(-c4ccccc4C(C)(C)C)nc4c5c(ccc42)CCCC5)c1Br)CCCC3. The molecular formula is C48H49BrN4. The van der Waals surface area contributed by atoms with Crippen molar-refractivity contribution in [3.05, 3.63) is 129 Å². The van der Waals surface area contributed by atoms with Gasteiger partial charge in [0.1, 0.15) is 11.6 Å². The first-order valence-corrected chi connectivity index (χ1v) is 20.4. The largest absolute Gasteiger partial charge is 0.291 e. The van der Waals surface area contributed by atoms with Crippen LogP contribution in [0, 0.1) is 0 Å². The smallest absolute Gasteiger partial charge is 0.146 e. The average molecular weight is 762 g/mol. The molecule has 0 fully saturated rings. The quantitative estimate of drug-likeness (QED) is 0.179. The fourth-order valence-corrected chi connectivity index (χ4v) is 9.73. The van der Waals surface area contributed by atoms with Gasteiger partial charge in [-0.3, -0.25) is 9.13 Å². The molecule has 0 radical (unpaired) electrons. The molecule has 0 N–H and O–H groups in total. The summed E-state index contributed by atoms with van der Waals surface area (Å²) in [6.45, 7) is 13.8. The number of hydrogen-bond donors (Lipinski definition) is 0. The highest BCUT2D eigenvalue weighted by molar-refractivity contribution is 9.10. The molecule has 2 aromatic heterocycles. The molecule has 2 aliphatic rings. The molecule has 9 rings (SSSR count). The van der Waals surface area contributed by atoms with Crippen LogP contribution in [0.1, 0.15) is 101 Å². The van der Waals surface area contributed by atoms with Gasteiger partial charge in [0.15, 0.2) is 0 Å². The highest BCUT2D eigenvalue weighted by atomic mass is 79.9. The lowest BCUT2D eigenvalue weighted by Crippen LogP contribution is -2.14. The second-order valence-electron chi connectivity index (χ2n) is 17.3. The van der Waals surface area contributed by atoms with Crippen molar-refractivity contribution in [3.8, 4) is 34.2 Å². The zero-order valence-corrected chi connectivity index (χ0v) is 33.6. The van der Waals surface area contributed by atoms with Gasteiger partial charge < -0.3 is 0 Å². The van der Waals surface area contributed by atoms with Crippen LogP contribution in [0.2, 0.25) is 0 Å². The van der Waals surface area contributed by atoms with Gasteiger partial charge in [0.05, 0.1) is 37.9 Å². The van der Waals surface area contributed by atoms with E-state index in [0.717, 1.165) is 75.2 Å². The summed E-state index contributed by atoms with van der Waals surface area (Å²) in [5, 5.41) is 0. The lowest BCUT2D eigenvalue weighted by atomic mass is 9.83. The van der Waals surface area contributed by atoms with Crippen molar-refractivity contribution in [2.24, 2.45) is 0 Å². The number of fused-ring (bicyclic) bond motifs is 6. The van der Waals surface area contributed by atoms with Crippen LogP contribution in [0.5, 0.6) is 0 Å². The van der Waals surface area contributed by atoms with Gasteiger partial charge in [-0.2, -0.15) is 0 Å². The molecule has 4 nitrogen and oxygen atoms in total. The number of nitrogens with zero attached hydrogens (tertiary/aromatic N) is 4. The number of benzene rings is 5. The normalized spacial score (nSPS) is 14.8. The minimum absolute atomic E-state index is 0.0533. The van der Waals surface area contributed by atoms with Gasteiger partial charge in [0.2, 0.25) is 0 Å². The minimum Gasteiger partial charge on any atom is -0.291 e. The Morgan fingerprint density at radius 3 is 1.34 bits per heavy atom. The lowest BCUT2D eigenvalue weighted by molar-refractivity contribution is 0.591. The molecule has 0 saturated carbocycles. The van der Waals surface area contributed by atoms with Crippen LogP contribution in [-0.2, 0) is 36.5 Å². The zero-order valence-electron chi connectivity index (χ0n) is 32.0. The Labute approximate surface area is 322 Å². The van der Waals surface area contributed by atoms with E-state index < -0.39 is 0 Å². The van der Waals surface area contributed by atoms with E-state index in [0.29, 0.717) is 0 Å². The molecule has 7 aromatic rings. The van der Waals surface area contributed by atoms with Gasteiger partial charge in [-0.15, -0.1) is 0 Å². The van der Waals surface area contributed by atoms with Crippen molar-refractivity contribution in [2.75, 3.05) is 0 Å². The number of imidazole rings is 2. The highest BCUT2D eigenvalue weighted by Crippen LogP contribution is 2.44. The molecule has 5 heteroatoms. The molecule has 2 heterocycles. The van der Waals surface area contributed by atoms with Gasteiger partial charge in [-0.05, 0) is 136 Å². The Morgan fingerprint density at radius 2 is 0.906 bits per heavy atom. The highest BCUT2D eigenvalue weighted by Gasteiger charge is 2.29. The second-order valence-corrected chi connectivity index (χ2v) is 18.1. The first-order valence-electron chi connectivity index (χ1n) is 19.6. The van der Waals surface area contributed by atoms with E-state index in [9.17, 15) is 0 Å². The molecule has 0 aliphatic heterocycles. The second kappa shape index (κ2) is 12.8. The Kier molecular flexibility index (Phi) is 8.30. The van der Waals surface area contributed by atoms with E-state index in [1.54, 1.807) is 0 Å². The molecule has 0 spiro atoms. The third-order valence-electron chi connectivity index (χ3n) is 11.7. The van der Waals surface area contributed by atoms with Crippen LogP contribution in [0.4, 0.5) is 0 Å². The number of halogens is 1. The van der Waals surface area contributed by atoms with Gasteiger partial charge in [-0.25, -0.2) is 9.97 Å². The summed E-state index contributed by atoms with van der Waals surface area (Å²) in [6, 6.07) is 33.8. The molecule has 0 unspecified atom stereocenters. The molecule has 0 amide bonds. The summed E-state index contributed by atoms with van der Waals surface area (Å²) in [5.74, 6) is 1.98. The Morgan fingerprint density at radius 1 is 0.491 bits per heavy atom. The van der Waals surface area contributed by atoms with E-state index in [1.165, 1.54) is 70.2 Å². The van der Waals surface area contributed by atoms with Gasteiger partial charge in [0, 0.05) is 11.1 Å². The molecule has 268 valence electrons. The maximum Gasteiger partial charge on any atom is 0.146 e. The standard InChI is InChI=1S/C48H49BrN4/c1-47(2,3)36-22-13-11-20-34(36)45-50-43-32-18-9-7-16-30(32)26-28-40(43)52(45)38-24-15-25-39(42(38)49)53-41-29-27-31-17-8-10-19-33(31)44(41)51-46(53)35-21-12-14-23-37(35)48(4,5)6/h11-15,20-29H,7-10,16-19H2,1-6H3. The Bertz CT molecular complexity index is 2380. The average Bonchev–Trinajstić information content (AvgIpc) is 3.74. The number of aryl methyl sites for hydroxylation is 4. The fourth-order valence-electron chi connectivity index (χ4n) is 9.11. The molecular weight excluding hydrogens is 712 g/mol. The lowest BCUT2D eigenvalue weighted by Gasteiger charge is -2.24. The van der Waals surface area contributed by atoms with Gasteiger partial charge >= 0.3 is 0 Å². The fraction of sp³-hybridized carbons (Fsp3) is 0.333. The molecule has 53 heavy (non-hydrogen) atoms. The monoisotopic (exact) mass is 760 g/mol. The predicted molar refractivity (Wildman–Crippen MR) is 225 cm³/mol. The van der Waals surface area contributed by atoms with Crippen molar-refractivity contribution in [3.63, 3.8) is 0 Å². The summed E-state index contributed by atoms with van der Waals surface area (Å²) < 4.78 is 5.87. The van der Waals surface area contributed by atoms with Crippen LogP contribution >= 0.6 is 15.9 Å². The first kappa shape index (κ1) is 34.3. The van der Waals surface area contributed by atoms with Crippen LogP contribution in [-0.4, -0.2) is 19.1 Å². The van der Waals surface area contributed by atoms with E-state index in [2.05, 4.69) is 158 Å². The van der Waals surface area contributed by atoms with E-state index >= 15 is 0 Å². The third kappa shape index (κ3) is 5.69. The number of aromatic nitrogens is 4. The topological polar surface area (TPSA) is 35.6 Å². The van der Waals surface area contributed by atoms with Gasteiger partial charge in [0.25, 0.3) is 0 Å². The van der Waals surface area contributed by atoms with Crippen LogP contribution in [0.15, 0.2) is 95.5 Å². The van der Waals surface area contributed by atoms with Crippen molar-refractivity contribution in [1.29, 1.82) is 0 Å². The molecule has 0 atom stereocenters. The summed E-state index contributed by atoms with van der Waals surface area (Å²) in [6.07, 6.45) is 9.32. The molecule has 5 aromatic carbocycles. The number of rotatable bonds is 4. The molecule has 2 aliphatic carbocycles. The maximum absolute atomic E-state index is 5.61. The minimum atomic E-state index is -0.0533. The zero-order chi connectivity index (χ0) is 36.6. The van der Waals surface area contributed by atoms with Gasteiger partial charge in [-0.1, -0.05) is 108 Å². The van der Waals surface area contributed by atoms with E-state index in [-0.39, 0.29) is 10.8 Å².